The monoisotopic (exact) mass is 349 g/mol. The maximum atomic E-state index is 13.4. The lowest BCUT2D eigenvalue weighted by molar-refractivity contribution is 0.0175. The van der Waals surface area contributed by atoms with Gasteiger partial charge >= 0.3 is 5.97 Å². The molecule has 0 fully saturated rings. The molecule has 0 atom stereocenters. The Hall–Kier alpha value is -2.61. The van der Waals surface area contributed by atoms with Crippen molar-refractivity contribution in [3.63, 3.8) is 0 Å². The van der Waals surface area contributed by atoms with Gasteiger partial charge in [-0.3, -0.25) is 4.68 Å². The number of carboxylic acid groups (broad SMARTS) is 1. The number of hydrogen-bond donors (Lipinski definition) is 1. The standard InChI is InChI=1S/C16H13F2N3O2S/c1-16(17,18)12-4-2-3-10(5-12)13-9-24-14(20-13)8-21-7-11(6-19-21)15(22)23/h2-7,9H,8H2,1H3,(H,22,23). The highest BCUT2D eigenvalue weighted by Gasteiger charge is 2.24. The van der Waals surface area contributed by atoms with E-state index in [2.05, 4.69) is 10.1 Å². The van der Waals surface area contributed by atoms with Gasteiger partial charge in [0.25, 0.3) is 5.92 Å². The summed E-state index contributed by atoms with van der Waals surface area (Å²) in [5.74, 6) is -3.95. The molecule has 3 aromatic rings. The second kappa shape index (κ2) is 6.12. The number of carboxylic acids is 1. The average Bonchev–Trinajstić information content (AvgIpc) is 3.16. The van der Waals surface area contributed by atoms with E-state index in [1.807, 2.05) is 0 Å². The fraction of sp³-hybridized carbons (Fsp3) is 0.188. The number of nitrogens with zero attached hydrogens (tertiary/aromatic N) is 3. The van der Waals surface area contributed by atoms with E-state index < -0.39 is 11.9 Å². The SMILES string of the molecule is CC(F)(F)c1cccc(-c2csc(Cn3cc(C(=O)O)cn3)n2)c1. The molecule has 1 aromatic carbocycles. The van der Waals surface area contributed by atoms with E-state index in [-0.39, 0.29) is 11.1 Å². The highest BCUT2D eigenvalue weighted by atomic mass is 32.1. The third-order valence-electron chi connectivity index (χ3n) is 3.39. The molecule has 3 rings (SSSR count). The van der Waals surface area contributed by atoms with Crippen molar-refractivity contribution in [2.24, 2.45) is 0 Å². The van der Waals surface area contributed by atoms with E-state index in [1.54, 1.807) is 17.5 Å². The molecule has 24 heavy (non-hydrogen) atoms. The van der Waals surface area contributed by atoms with Crippen LogP contribution in [-0.2, 0) is 12.5 Å². The van der Waals surface area contributed by atoms with Crippen molar-refractivity contribution in [3.8, 4) is 11.3 Å². The van der Waals surface area contributed by atoms with E-state index in [0.29, 0.717) is 22.8 Å². The molecule has 0 aliphatic rings. The van der Waals surface area contributed by atoms with Crippen molar-refractivity contribution in [1.29, 1.82) is 0 Å². The zero-order valence-electron chi connectivity index (χ0n) is 12.6. The Morgan fingerprint density at radius 2 is 2.21 bits per heavy atom. The Morgan fingerprint density at radius 1 is 1.42 bits per heavy atom. The van der Waals surface area contributed by atoms with Crippen molar-refractivity contribution in [1.82, 2.24) is 14.8 Å². The highest BCUT2D eigenvalue weighted by Crippen LogP contribution is 2.31. The van der Waals surface area contributed by atoms with E-state index in [1.165, 1.54) is 40.5 Å². The van der Waals surface area contributed by atoms with Gasteiger partial charge in [0.1, 0.15) is 5.01 Å². The van der Waals surface area contributed by atoms with Crippen molar-refractivity contribution in [2.45, 2.75) is 19.4 Å². The lowest BCUT2D eigenvalue weighted by atomic mass is 10.1. The summed E-state index contributed by atoms with van der Waals surface area (Å²) in [7, 11) is 0. The zero-order chi connectivity index (χ0) is 17.3. The summed E-state index contributed by atoms with van der Waals surface area (Å²) in [6.07, 6.45) is 2.69. The molecule has 0 saturated carbocycles. The van der Waals surface area contributed by atoms with Crippen molar-refractivity contribution >= 4 is 17.3 Å². The number of halogens is 2. The van der Waals surface area contributed by atoms with Crippen LogP contribution < -0.4 is 0 Å². The van der Waals surface area contributed by atoms with Crippen LogP contribution in [-0.4, -0.2) is 25.8 Å². The quantitative estimate of drug-likeness (QED) is 0.759. The van der Waals surface area contributed by atoms with Crippen LogP contribution in [0.15, 0.2) is 42.0 Å². The Balaban J connectivity index is 1.81. The number of carbonyl (C=O) groups is 1. The first-order chi connectivity index (χ1) is 11.3. The van der Waals surface area contributed by atoms with Gasteiger partial charge in [-0.25, -0.2) is 18.6 Å². The maximum absolute atomic E-state index is 13.4. The van der Waals surface area contributed by atoms with Gasteiger partial charge in [0, 0.05) is 29.6 Å². The Labute approximate surface area is 140 Å². The number of thiazole rings is 1. The molecule has 0 spiro atoms. The van der Waals surface area contributed by atoms with Gasteiger partial charge in [-0.05, 0) is 6.07 Å². The first-order valence-electron chi connectivity index (χ1n) is 7.02. The molecule has 5 nitrogen and oxygen atoms in total. The normalized spacial score (nSPS) is 11.6. The summed E-state index contributed by atoms with van der Waals surface area (Å²) in [6, 6.07) is 6.11. The minimum absolute atomic E-state index is 0.0623. The zero-order valence-corrected chi connectivity index (χ0v) is 13.4. The third kappa shape index (κ3) is 3.48. The highest BCUT2D eigenvalue weighted by molar-refractivity contribution is 7.09. The first-order valence-corrected chi connectivity index (χ1v) is 7.90. The number of alkyl halides is 2. The number of aromatic nitrogens is 3. The number of rotatable bonds is 5. The van der Waals surface area contributed by atoms with Crippen LogP contribution in [0.2, 0.25) is 0 Å². The first kappa shape index (κ1) is 16.3. The molecule has 0 unspecified atom stereocenters. The summed E-state index contributed by atoms with van der Waals surface area (Å²) in [5.41, 5.74) is 1.26. The van der Waals surface area contributed by atoms with Crippen LogP contribution in [0.4, 0.5) is 8.78 Å². The predicted octanol–water partition coefficient (Wildman–Crippen LogP) is 3.86. The molecule has 0 aliphatic heterocycles. The molecule has 2 heterocycles. The van der Waals surface area contributed by atoms with Crippen LogP contribution in [0, 0.1) is 0 Å². The van der Waals surface area contributed by atoms with Crippen LogP contribution >= 0.6 is 11.3 Å². The van der Waals surface area contributed by atoms with Gasteiger partial charge < -0.3 is 5.11 Å². The lowest BCUT2D eigenvalue weighted by Gasteiger charge is -2.11. The summed E-state index contributed by atoms with van der Waals surface area (Å²) >= 11 is 1.36. The van der Waals surface area contributed by atoms with Gasteiger partial charge in [0.15, 0.2) is 0 Å². The summed E-state index contributed by atoms with van der Waals surface area (Å²) in [5, 5.41) is 15.3. The number of hydrogen-bond acceptors (Lipinski definition) is 4. The van der Waals surface area contributed by atoms with Crippen molar-refractivity contribution in [2.75, 3.05) is 0 Å². The Bertz CT molecular complexity index is 883. The molecule has 0 amide bonds. The average molecular weight is 349 g/mol. The predicted molar refractivity (Wildman–Crippen MR) is 85.4 cm³/mol. The van der Waals surface area contributed by atoms with Crippen LogP contribution in [0.5, 0.6) is 0 Å². The van der Waals surface area contributed by atoms with E-state index >= 15 is 0 Å². The molecule has 124 valence electrons. The lowest BCUT2D eigenvalue weighted by Crippen LogP contribution is -2.06. The smallest absolute Gasteiger partial charge is 0.338 e. The minimum Gasteiger partial charge on any atom is -0.478 e. The molecule has 0 saturated heterocycles. The molecule has 8 heteroatoms. The van der Waals surface area contributed by atoms with Gasteiger partial charge in [-0.2, -0.15) is 5.10 Å². The largest absolute Gasteiger partial charge is 0.478 e. The van der Waals surface area contributed by atoms with Gasteiger partial charge in [-0.15, -0.1) is 11.3 Å². The topological polar surface area (TPSA) is 68.0 Å². The van der Waals surface area contributed by atoms with Crippen LogP contribution in [0.3, 0.4) is 0 Å². The van der Waals surface area contributed by atoms with E-state index in [9.17, 15) is 13.6 Å². The third-order valence-corrected chi connectivity index (χ3v) is 4.23. The van der Waals surface area contributed by atoms with Crippen LogP contribution in [0.25, 0.3) is 11.3 Å². The van der Waals surface area contributed by atoms with E-state index in [4.69, 9.17) is 5.11 Å². The molecule has 0 aliphatic carbocycles. The van der Waals surface area contributed by atoms with Gasteiger partial charge in [0.2, 0.25) is 0 Å². The fourth-order valence-corrected chi connectivity index (χ4v) is 2.96. The second-order valence-electron chi connectivity index (χ2n) is 5.33. The summed E-state index contributed by atoms with van der Waals surface area (Å²) < 4.78 is 28.3. The molecule has 1 N–H and O–H groups in total. The fourth-order valence-electron chi connectivity index (χ4n) is 2.17. The Kier molecular flexibility index (Phi) is 4.15. The molecular weight excluding hydrogens is 336 g/mol. The van der Waals surface area contributed by atoms with Crippen molar-refractivity contribution < 1.29 is 18.7 Å². The Morgan fingerprint density at radius 3 is 2.88 bits per heavy atom. The van der Waals surface area contributed by atoms with Gasteiger partial charge in [-0.1, -0.05) is 18.2 Å². The molecular formula is C16H13F2N3O2S. The molecule has 0 bridgehead atoms. The maximum Gasteiger partial charge on any atom is 0.338 e. The minimum atomic E-state index is -2.91. The van der Waals surface area contributed by atoms with Crippen molar-refractivity contribution in [3.05, 3.63) is 58.2 Å². The second-order valence-corrected chi connectivity index (χ2v) is 6.27. The van der Waals surface area contributed by atoms with Gasteiger partial charge in [0.05, 0.1) is 24.0 Å². The number of aromatic carboxylic acids is 1. The number of benzene rings is 1. The summed E-state index contributed by atoms with van der Waals surface area (Å²) in [4.78, 5) is 15.3. The van der Waals surface area contributed by atoms with E-state index in [0.717, 1.165) is 6.92 Å². The van der Waals surface area contributed by atoms with Crippen LogP contribution in [0.1, 0.15) is 27.9 Å². The molecule has 0 radical (unpaired) electrons. The molecule has 2 aromatic heterocycles. The summed E-state index contributed by atoms with van der Waals surface area (Å²) in [6.45, 7) is 1.18.